The van der Waals surface area contributed by atoms with Gasteiger partial charge in [0, 0.05) is 6.07 Å². The van der Waals surface area contributed by atoms with Crippen LogP contribution in [-0.2, 0) is 5.54 Å². The second-order valence-corrected chi connectivity index (χ2v) is 4.91. The van der Waals surface area contributed by atoms with Crippen LogP contribution in [0.15, 0.2) is 22.6 Å². The zero-order valence-corrected chi connectivity index (χ0v) is 10.1. The lowest BCUT2D eigenvalue weighted by atomic mass is 9.97. The van der Waals surface area contributed by atoms with Gasteiger partial charge in [-0.2, -0.15) is 0 Å². The number of fused-ring (bicyclic) bond motifs is 1. The van der Waals surface area contributed by atoms with E-state index in [1.54, 1.807) is 7.11 Å². The molecule has 90 valence electrons. The van der Waals surface area contributed by atoms with E-state index in [0.29, 0.717) is 11.8 Å². The number of nitrogens with two attached hydrogens (primary N) is 1. The Morgan fingerprint density at radius 1 is 1.47 bits per heavy atom. The number of nitrogens with zero attached hydrogens (tertiary/aromatic N) is 1. The van der Waals surface area contributed by atoms with Crippen LogP contribution in [0.3, 0.4) is 0 Å². The summed E-state index contributed by atoms with van der Waals surface area (Å²) in [6, 6.07) is 5.60. The van der Waals surface area contributed by atoms with Crippen LogP contribution in [-0.4, -0.2) is 12.1 Å². The molecule has 4 nitrogen and oxygen atoms in total. The van der Waals surface area contributed by atoms with Crippen molar-refractivity contribution >= 4 is 11.1 Å². The molecular formula is C13H16N2O2. The van der Waals surface area contributed by atoms with Crippen LogP contribution in [0.1, 0.15) is 25.7 Å². The summed E-state index contributed by atoms with van der Waals surface area (Å²) < 4.78 is 10.9. The van der Waals surface area contributed by atoms with Gasteiger partial charge in [0.15, 0.2) is 5.58 Å². The van der Waals surface area contributed by atoms with Gasteiger partial charge in [-0.1, -0.05) is 0 Å². The van der Waals surface area contributed by atoms with E-state index in [1.807, 2.05) is 25.1 Å². The fraction of sp³-hybridized carbons (Fsp3) is 0.462. The van der Waals surface area contributed by atoms with E-state index in [2.05, 4.69) is 4.98 Å². The van der Waals surface area contributed by atoms with Gasteiger partial charge in [-0.05, 0) is 37.8 Å². The summed E-state index contributed by atoms with van der Waals surface area (Å²) in [7, 11) is 1.64. The Balaban J connectivity index is 2.06. The number of ether oxygens (including phenoxy) is 1. The van der Waals surface area contributed by atoms with Crippen LogP contribution in [0.2, 0.25) is 0 Å². The Bertz CT molecular complexity index is 556. The summed E-state index contributed by atoms with van der Waals surface area (Å²) in [6.45, 7) is 1.99. The first-order chi connectivity index (χ1) is 8.11. The summed E-state index contributed by atoms with van der Waals surface area (Å²) >= 11 is 0. The lowest BCUT2D eigenvalue weighted by Crippen LogP contribution is -2.35. The van der Waals surface area contributed by atoms with E-state index < -0.39 is 5.54 Å². The fourth-order valence-electron chi connectivity index (χ4n) is 2.12. The van der Waals surface area contributed by atoms with Gasteiger partial charge in [-0.25, -0.2) is 4.98 Å². The third-order valence-electron chi connectivity index (χ3n) is 3.48. The van der Waals surface area contributed by atoms with E-state index in [1.165, 1.54) is 0 Å². The molecule has 0 radical (unpaired) electrons. The molecule has 2 aromatic rings. The van der Waals surface area contributed by atoms with E-state index in [9.17, 15) is 0 Å². The monoisotopic (exact) mass is 232 g/mol. The van der Waals surface area contributed by atoms with Crippen LogP contribution < -0.4 is 10.5 Å². The number of methoxy groups -OCH3 is 1. The molecule has 1 saturated carbocycles. The number of hydrogen-bond acceptors (Lipinski definition) is 4. The van der Waals surface area contributed by atoms with Crippen molar-refractivity contribution in [2.75, 3.05) is 7.11 Å². The molecule has 1 aromatic heterocycles. The maximum atomic E-state index is 6.29. The Labute approximate surface area is 99.8 Å². The maximum Gasteiger partial charge on any atom is 0.215 e. The molecule has 1 fully saturated rings. The van der Waals surface area contributed by atoms with Gasteiger partial charge in [-0.15, -0.1) is 0 Å². The van der Waals surface area contributed by atoms with Gasteiger partial charge in [0.1, 0.15) is 11.3 Å². The summed E-state index contributed by atoms with van der Waals surface area (Å²) in [5, 5.41) is 0. The summed E-state index contributed by atoms with van der Waals surface area (Å²) in [5.41, 5.74) is 7.40. The zero-order valence-electron chi connectivity index (χ0n) is 10.1. The van der Waals surface area contributed by atoms with E-state index in [-0.39, 0.29) is 0 Å². The first kappa shape index (κ1) is 10.6. The molecule has 0 aliphatic heterocycles. The zero-order chi connectivity index (χ0) is 12.0. The highest BCUT2D eigenvalue weighted by Gasteiger charge is 2.43. The lowest BCUT2D eigenvalue weighted by molar-refractivity contribution is 0.327. The van der Waals surface area contributed by atoms with Crippen LogP contribution in [0.5, 0.6) is 5.75 Å². The van der Waals surface area contributed by atoms with Crippen molar-refractivity contribution in [1.29, 1.82) is 0 Å². The number of oxazole rings is 1. The van der Waals surface area contributed by atoms with Gasteiger partial charge in [0.25, 0.3) is 0 Å². The minimum absolute atomic E-state index is 0.452. The van der Waals surface area contributed by atoms with E-state index in [0.717, 1.165) is 29.7 Å². The van der Waals surface area contributed by atoms with Crippen molar-refractivity contribution in [3.05, 3.63) is 24.1 Å². The van der Waals surface area contributed by atoms with Crippen molar-refractivity contribution < 1.29 is 9.15 Å². The minimum Gasteiger partial charge on any atom is -0.497 e. The predicted octanol–water partition coefficient (Wildman–Crippen LogP) is 2.42. The number of benzene rings is 1. The Morgan fingerprint density at radius 3 is 2.88 bits per heavy atom. The molecular weight excluding hydrogens is 216 g/mol. The summed E-state index contributed by atoms with van der Waals surface area (Å²) in [6.07, 6.45) is 2.32. The fourth-order valence-corrected chi connectivity index (χ4v) is 2.12. The average Bonchev–Trinajstić information content (AvgIpc) is 3.08. The highest BCUT2D eigenvalue weighted by molar-refractivity contribution is 5.74. The van der Waals surface area contributed by atoms with Gasteiger partial charge >= 0.3 is 0 Å². The Hall–Kier alpha value is -1.55. The van der Waals surface area contributed by atoms with Crippen molar-refractivity contribution in [3.63, 3.8) is 0 Å². The van der Waals surface area contributed by atoms with Crippen LogP contribution in [0, 0.1) is 5.92 Å². The molecule has 1 aliphatic rings. The van der Waals surface area contributed by atoms with Gasteiger partial charge < -0.3 is 14.9 Å². The molecule has 0 saturated heterocycles. The quantitative estimate of drug-likeness (QED) is 0.882. The topological polar surface area (TPSA) is 61.3 Å². The second-order valence-electron chi connectivity index (χ2n) is 4.91. The SMILES string of the molecule is COc1ccc2oc(C(C)(N)C3CC3)nc2c1. The van der Waals surface area contributed by atoms with Crippen LogP contribution >= 0.6 is 0 Å². The molecule has 0 spiro atoms. The molecule has 3 rings (SSSR count). The molecule has 1 aliphatic carbocycles. The average molecular weight is 232 g/mol. The maximum absolute atomic E-state index is 6.29. The third kappa shape index (κ3) is 1.69. The molecule has 1 heterocycles. The minimum atomic E-state index is -0.452. The van der Waals surface area contributed by atoms with Gasteiger partial charge in [-0.3, -0.25) is 0 Å². The Morgan fingerprint density at radius 2 is 2.24 bits per heavy atom. The van der Waals surface area contributed by atoms with Crippen molar-refractivity contribution in [2.45, 2.75) is 25.3 Å². The van der Waals surface area contributed by atoms with Gasteiger partial charge in [0.2, 0.25) is 5.89 Å². The summed E-state index contributed by atoms with van der Waals surface area (Å²) in [4.78, 5) is 4.48. The molecule has 0 amide bonds. The largest absolute Gasteiger partial charge is 0.497 e. The highest BCUT2D eigenvalue weighted by Crippen LogP contribution is 2.44. The molecule has 1 unspecified atom stereocenters. The van der Waals surface area contributed by atoms with Gasteiger partial charge in [0.05, 0.1) is 12.6 Å². The van der Waals surface area contributed by atoms with Crippen molar-refractivity contribution in [2.24, 2.45) is 11.7 Å². The molecule has 2 N–H and O–H groups in total. The molecule has 1 aromatic carbocycles. The molecule has 0 bridgehead atoms. The van der Waals surface area contributed by atoms with Crippen molar-refractivity contribution in [3.8, 4) is 5.75 Å². The first-order valence-electron chi connectivity index (χ1n) is 5.85. The van der Waals surface area contributed by atoms with Crippen LogP contribution in [0.25, 0.3) is 11.1 Å². The summed E-state index contributed by atoms with van der Waals surface area (Å²) in [5.74, 6) is 1.91. The predicted molar refractivity (Wildman–Crippen MR) is 64.8 cm³/mol. The second kappa shape index (κ2) is 3.47. The van der Waals surface area contributed by atoms with E-state index >= 15 is 0 Å². The Kier molecular flexibility index (Phi) is 2.16. The van der Waals surface area contributed by atoms with Crippen LogP contribution in [0.4, 0.5) is 0 Å². The normalized spacial score (nSPS) is 19.2. The number of rotatable bonds is 3. The first-order valence-corrected chi connectivity index (χ1v) is 5.85. The van der Waals surface area contributed by atoms with E-state index in [4.69, 9.17) is 14.9 Å². The highest BCUT2D eigenvalue weighted by atomic mass is 16.5. The molecule has 17 heavy (non-hydrogen) atoms. The molecule has 1 atom stereocenters. The lowest BCUT2D eigenvalue weighted by Gasteiger charge is -2.19. The smallest absolute Gasteiger partial charge is 0.215 e. The number of aromatic nitrogens is 1. The third-order valence-corrected chi connectivity index (χ3v) is 3.48. The standard InChI is InChI=1S/C13H16N2O2/c1-13(14,8-3-4-8)12-15-10-7-9(16-2)5-6-11(10)17-12/h5-8H,3-4,14H2,1-2H3. The number of hydrogen-bond donors (Lipinski definition) is 1. The molecule has 4 heteroatoms. The van der Waals surface area contributed by atoms with Crippen molar-refractivity contribution in [1.82, 2.24) is 4.98 Å².